The molecule has 1 aromatic carbocycles. The van der Waals surface area contributed by atoms with Gasteiger partial charge in [-0.3, -0.25) is 4.90 Å². The largest absolute Gasteiger partial charge is 0.489 e. The number of likely N-dealkylation sites (tertiary alicyclic amines) is 1. The minimum Gasteiger partial charge on any atom is -0.489 e. The summed E-state index contributed by atoms with van der Waals surface area (Å²) in [5.74, 6) is 1.39. The van der Waals surface area contributed by atoms with E-state index in [9.17, 15) is 5.11 Å². The third-order valence-corrected chi connectivity index (χ3v) is 4.08. The molecule has 110 valence electrons. The first-order valence-corrected chi connectivity index (χ1v) is 7.44. The highest BCUT2D eigenvalue weighted by atomic mass is 35.5. The van der Waals surface area contributed by atoms with Crippen LogP contribution in [0.5, 0.6) is 11.5 Å². The van der Waals surface area contributed by atoms with Crippen LogP contribution in [0.2, 0.25) is 5.02 Å². The Labute approximate surface area is 124 Å². The molecule has 1 fully saturated rings. The van der Waals surface area contributed by atoms with Crippen LogP contribution in [-0.4, -0.2) is 41.9 Å². The number of benzene rings is 1. The van der Waals surface area contributed by atoms with Gasteiger partial charge in [0.05, 0.1) is 23.8 Å². The molecule has 0 aliphatic carbocycles. The zero-order valence-electron chi connectivity index (χ0n) is 11.7. The molecule has 5 heteroatoms. The summed E-state index contributed by atoms with van der Waals surface area (Å²) >= 11 is 6.29. The molecule has 3 rings (SSSR count). The second-order valence-corrected chi connectivity index (χ2v) is 6.32. The summed E-state index contributed by atoms with van der Waals surface area (Å²) in [4.78, 5) is 2.23. The van der Waals surface area contributed by atoms with Gasteiger partial charge in [0.15, 0.2) is 11.5 Å². The van der Waals surface area contributed by atoms with E-state index in [0.717, 1.165) is 37.2 Å². The van der Waals surface area contributed by atoms with Gasteiger partial charge in [0.25, 0.3) is 0 Å². The fraction of sp³-hybridized carbons (Fsp3) is 0.600. The number of rotatable bonds is 2. The molecule has 2 aliphatic rings. The first-order valence-electron chi connectivity index (χ1n) is 7.06. The lowest BCUT2D eigenvalue weighted by molar-refractivity contribution is 0.0679. The third-order valence-electron chi connectivity index (χ3n) is 3.80. The number of fused-ring (bicyclic) bond motifs is 1. The lowest BCUT2D eigenvalue weighted by Gasteiger charge is -2.19. The van der Waals surface area contributed by atoms with Gasteiger partial charge in [-0.15, -0.1) is 0 Å². The van der Waals surface area contributed by atoms with Crippen LogP contribution in [-0.2, 0) is 6.54 Å². The highest BCUT2D eigenvalue weighted by Gasteiger charge is 2.31. The van der Waals surface area contributed by atoms with E-state index in [0.29, 0.717) is 30.5 Å². The van der Waals surface area contributed by atoms with Crippen molar-refractivity contribution in [2.24, 2.45) is 0 Å². The maximum absolute atomic E-state index is 10.0. The molecule has 0 aromatic heterocycles. The molecule has 0 amide bonds. The molecule has 1 aromatic rings. The summed E-state index contributed by atoms with van der Waals surface area (Å²) in [5.41, 5.74) is 0.520. The van der Waals surface area contributed by atoms with Gasteiger partial charge in [-0.25, -0.2) is 0 Å². The Hall–Kier alpha value is -0.970. The molecule has 0 saturated carbocycles. The molecule has 2 heterocycles. The second-order valence-electron chi connectivity index (χ2n) is 5.91. The highest BCUT2D eigenvalue weighted by Crippen LogP contribution is 2.38. The zero-order chi connectivity index (χ0) is 14.2. The number of halogens is 1. The average molecular weight is 298 g/mol. The lowest BCUT2D eigenvalue weighted by atomic mass is 10.1. The Balaban J connectivity index is 1.78. The van der Waals surface area contributed by atoms with Crippen LogP contribution >= 0.6 is 11.6 Å². The van der Waals surface area contributed by atoms with Gasteiger partial charge in [0.1, 0.15) is 0 Å². The van der Waals surface area contributed by atoms with Crippen molar-refractivity contribution < 1.29 is 14.6 Å². The summed E-state index contributed by atoms with van der Waals surface area (Å²) in [7, 11) is 0. The molecule has 4 nitrogen and oxygen atoms in total. The first-order chi connectivity index (χ1) is 9.53. The van der Waals surface area contributed by atoms with Crippen molar-refractivity contribution in [3.05, 3.63) is 22.7 Å². The monoisotopic (exact) mass is 297 g/mol. The first kappa shape index (κ1) is 14.0. The van der Waals surface area contributed by atoms with Gasteiger partial charge >= 0.3 is 0 Å². The normalized spacial score (nSPS) is 26.6. The number of ether oxygens (including phenoxy) is 2. The molecule has 0 radical (unpaired) electrons. The van der Waals surface area contributed by atoms with Crippen LogP contribution in [0.25, 0.3) is 0 Å². The Kier molecular flexibility index (Phi) is 3.80. The molecular formula is C15H20ClNO3. The Morgan fingerprint density at radius 2 is 2.15 bits per heavy atom. The maximum atomic E-state index is 10.0. The van der Waals surface area contributed by atoms with E-state index >= 15 is 0 Å². The van der Waals surface area contributed by atoms with E-state index in [1.54, 1.807) is 0 Å². The van der Waals surface area contributed by atoms with Crippen molar-refractivity contribution >= 4 is 11.6 Å². The van der Waals surface area contributed by atoms with Gasteiger partial charge < -0.3 is 14.6 Å². The molecule has 1 unspecified atom stereocenters. The van der Waals surface area contributed by atoms with Crippen LogP contribution < -0.4 is 9.47 Å². The van der Waals surface area contributed by atoms with Crippen LogP contribution in [0, 0.1) is 0 Å². The summed E-state index contributed by atoms with van der Waals surface area (Å²) < 4.78 is 11.3. The van der Waals surface area contributed by atoms with E-state index in [-0.39, 0.29) is 0 Å². The molecule has 20 heavy (non-hydrogen) atoms. The van der Waals surface area contributed by atoms with Crippen LogP contribution in [0.15, 0.2) is 12.1 Å². The minimum absolute atomic E-state index is 0.574. The Morgan fingerprint density at radius 1 is 1.35 bits per heavy atom. The molecule has 0 bridgehead atoms. The molecule has 1 saturated heterocycles. The summed E-state index contributed by atoms with van der Waals surface area (Å²) in [6, 6.07) is 3.93. The molecular weight excluding hydrogens is 278 g/mol. The lowest BCUT2D eigenvalue weighted by Crippen LogP contribution is -2.29. The number of hydrogen-bond donors (Lipinski definition) is 1. The topological polar surface area (TPSA) is 41.9 Å². The molecule has 0 spiro atoms. The van der Waals surface area contributed by atoms with E-state index in [2.05, 4.69) is 4.90 Å². The standard InChI is InChI=1S/C15H20ClNO3/c1-15(18)3-4-17(10-15)9-11-7-12(16)14-13(8-11)19-5-2-6-20-14/h7-8,18H,2-6,9-10H2,1H3. The van der Waals surface area contributed by atoms with Gasteiger partial charge in [-0.2, -0.15) is 0 Å². The van der Waals surface area contributed by atoms with E-state index < -0.39 is 5.60 Å². The SMILES string of the molecule is CC1(O)CCN(Cc2cc(Cl)c3c(c2)OCCCO3)C1. The third kappa shape index (κ3) is 3.03. The van der Waals surface area contributed by atoms with Crippen molar-refractivity contribution in [2.75, 3.05) is 26.3 Å². The van der Waals surface area contributed by atoms with Crippen molar-refractivity contribution in [2.45, 2.75) is 31.9 Å². The number of aliphatic hydroxyl groups is 1. The van der Waals surface area contributed by atoms with E-state index in [1.807, 2.05) is 19.1 Å². The highest BCUT2D eigenvalue weighted by molar-refractivity contribution is 6.32. The van der Waals surface area contributed by atoms with Crippen molar-refractivity contribution in [3.63, 3.8) is 0 Å². The van der Waals surface area contributed by atoms with Crippen molar-refractivity contribution in [1.29, 1.82) is 0 Å². The number of hydrogen-bond acceptors (Lipinski definition) is 4. The molecule has 2 aliphatic heterocycles. The quantitative estimate of drug-likeness (QED) is 0.910. The van der Waals surface area contributed by atoms with Crippen molar-refractivity contribution in [1.82, 2.24) is 4.90 Å². The molecule has 1 atom stereocenters. The Morgan fingerprint density at radius 3 is 2.90 bits per heavy atom. The van der Waals surface area contributed by atoms with Crippen LogP contribution in [0.4, 0.5) is 0 Å². The summed E-state index contributed by atoms with van der Waals surface area (Å²) in [5, 5.41) is 10.6. The predicted molar refractivity (Wildman–Crippen MR) is 77.6 cm³/mol. The van der Waals surface area contributed by atoms with Gasteiger partial charge in [0, 0.05) is 26.1 Å². The summed E-state index contributed by atoms with van der Waals surface area (Å²) in [6.07, 6.45) is 1.68. The zero-order valence-corrected chi connectivity index (χ0v) is 12.4. The van der Waals surface area contributed by atoms with Crippen LogP contribution in [0.3, 0.4) is 0 Å². The number of β-amino-alcohol motifs (C(OH)–C–C–N with tert-alkyl or cyclic N) is 1. The van der Waals surface area contributed by atoms with Crippen molar-refractivity contribution in [3.8, 4) is 11.5 Å². The average Bonchev–Trinajstić information content (AvgIpc) is 2.60. The van der Waals surface area contributed by atoms with E-state index in [1.165, 1.54) is 0 Å². The molecule has 1 N–H and O–H groups in total. The smallest absolute Gasteiger partial charge is 0.179 e. The Bertz CT molecular complexity index is 504. The number of nitrogens with zero attached hydrogens (tertiary/aromatic N) is 1. The van der Waals surface area contributed by atoms with Gasteiger partial charge in [0.2, 0.25) is 0 Å². The maximum Gasteiger partial charge on any atom is 0.179 e. The minimum atomic E-state index is -0.574. The van der Waals surface area contributed by atoms with E-state index in [4.69, 9.17) is 21.1 Å². The van der Waals surface area contributed by atoms with Gasteiger partial charge in [-0.05, 0) is 31.0 Å². The predicted octanol–water partition coefficient (Wildman–Crippen LogP) is 2.46. The van der Waals surface area contributed by atoms with Gasteiger partial charge in [-0.1, -0.05) is 11.6 Å². The van der Waals surface area contributed by atoms with Crippen LogP contribution in [0.1, 0.15) is 25.3 Å². The fourth-order valence-corrected chi connectivity index (χ4v) is 3.10. The summed E-state index contributed by atoms with van der Waals surface area (Å²) in [6.45, 7) is 5.55. The fourth-order valence-electron chi connectivity index (χ4n) is 2.81. The second kappa shape index (κ2) is 5.43.